The Hall–Kier alpha value is -1.40. The first kappa shape index (κ1) is 63.6. The van der Waals surface area contributed by atoms with Gasteiger partial charge in [-0.15, -0.1) is 0 Å². The number of hydrogen-bond donors (Lipinski definition) is 3. The molecule has 0 rings (SSSR count). The number of hydrogen-bond acceptors (Lipinski definition) is 5. The van der Waals surface area contributed by atoms with Crippen molar-refractivity contribution in [2.45, 2.75) is 341 Å². The van der Waals surface area contributed by atoms with E-state index in [1.807, 2.05) is 6.08 Å². The lowest BCUT2D eigenvalue weighted by molar-refractivity contribution is -0.143. The lowest BCUT2D eigenvalue weighted by Gasteiger charge is -2.20. The lowest BCUT2D eigenvalue weighted by atomic mass is 10.0. The third kappa shape index (κ3) is 51.8. The first-order valence-corrected chi connectivity index (χ1v) is 29.5. The van der Waals surface area contributed by atoms with Crippen molar-refractivity contribution >= 4 is 11.9 Å². The van der Waals surface area contributed by atoms with Crippen LogP contribution in [0.1, 0.15) is 328 Å². The summed E-state index contributed by atoms with van der Waals surface area (Å²) in [5.41, 5.74) is 0. The molecule has 6 nitrogen and oxygen atoms in total. The highest BCUT2D eigenvalue weighted by Gasteiger charge is 2.18. The van der Waals surface area contributed by atoms with Gasteiger partial charge in [0.25, 0.3) is 0 Å². The number of unbranched alkanes of at least 4 members (excludes halogenated alkanes) is 44. The number of aliphatic hydroxyl groups is 2. The standard InChI is InChI=1S/C59H115NO5/c1-3-5-7-9-11-13-15-17-19-20-21-22-23-24-27-31-35-39-43-47-51-57(62)56(55-61)60-58(63)52-48-44-40-36-32-28-25-26-30-34-38-42-46-50-54-65-59(64)53-49-45-41-37-33-29-18-16-14-12-10-8-6-4-2/h47,51,56-57,61-62H,3-46,48-50,52-55H2,1-2H3,(H,60,63)/b51-47+. The monoisotopic (exact) mass is 918 g/mol. The molecule has 3 N–H and O–H groups in total. The maximum atomic E-state index is 12.5. The Morgan fingerprint density at radius 1 is 0.415 bits per heavy atom. The summed E-state index contributed by atoms with van der Waals surface area (Å²) in [6, 6.07) is -0.635. The summed E-state index contributed by atoms with van der Waals surface area (Å²) in [5.74, 6) is -0.0754. The van der Waals surface area contributed by atoms with Gasteiger partial charge in [-0.2, -0.15) is 0 Å². The predicted octanol–water partition coefficient (Wildman–Crippen LogP) is 18.1. The van der Waals surface area contributed by atoms with Crippen LogP contribution < -0.4 is 5.32 Å². The Morgan fingerprint density at radius 2 is 0.708 bits per heavy atom. The van der Waals surface area contributed by atoms with Crippen LogP contribution in [0.2, 0.25) is 0 Å². The van der Waals surface area contributed by atoms with E-state index in [4.69, 9.17) is 4.74 Å². The van der Waals surface area contributed by atoms with E-state index in [-0.39, 0.29) is 18.5 Å². The molecule has 65 heavy (non-hydrogen) atoms. The van der Waals surface area contributed by atoms with E-state index >= 15 is 0 Å². The first-order chi connectivity index (χ1) is 32.0. The van der Waals surface area contributed by atoms with Gasteiger partial charge in [0.05, 0.1) is 25.4 Å². The van der Waals surface area contributed by atoms with Crippen molar-refractivity contribution in [2.24, 2.45) is 0 Å². The molecule has 0 aromatic carbocycles. The quantitative estimate of drug-likeness (QED) is 0.0321. The number of esters is 1. The molecule has 2 atom stereocenters. The first-order valence-electron chi connectivity index (χ1n) is 29.5. The maximum absolute atomic E-state index is 12.5. The van der Waals surface area contributed by atoms with E-state index in [9.17, 15) is 19.8 Å². The van der Waals surface area contributed by atoms with Crippen molar-refractivity contribution < 1.29 is 24.5 Å². The molecule has 0 spiro atoms. The number of ether oxygens (including phenoxy) is 1. The van der Waals surface area contributed by atoms with Gasteiger partial charge in [0.1, 0.15) is 0 Å². The summed E-state index contributed by atoms with van der Waals surface area (Å²) in [6.45, 7) is 4.91. The van der Waals surface area contributed by atoms with Crippen molar-refractivity contribution in [3.8, 4) is 0 Å². The molecule has 0 aliphatic rings. The van der Waals surface area contributed by atoms with Crippen LogP contribution in [0.25, 0.3) is 0 Å². The van der Waals surface area contributed by atoms with Crippen LogP contribution in [0.4, 0.5) is 0 Å². The highest BCUT2D eigenvalue weighted by Crippen LogP contribution is 2.17. The number of rotatable bonds is 55. The van der Waals surface area contributed by atoms with Crippen LogP contribution in [0.15, 0.2) is 12.2 Å². The maximum Gasteiger partial charge on any atom is 0.305 e. The average Bonchev–Trinajstić information content (AvgIpc) is 3.31. The Kier molecular flexibility index (Phi) is 54.0. The molecule has 1 amide bonds. The van der Waals surface area contributed by atoms with Gasteiger partial charge in [0.2, 0.25) is 5.91 Å². The minimum absolute atomic E-state index is 0.000368. The van der Waals surface area contributed by atoms with Crippen LogP contribution in [0.5, 0.6) is 0 Å². The number of aliphatic hydroxyl groups excluding tert-OH is 2. The van der Waals surface area contributed by atoms with Crippen molar-refractivity contribution in [1.82, 2.24) is 5.32 Å². The molecular formula is C59H115NO5. The normalized spacial score (nSPS) is 12.6. The minimum atomic E-state index is -0.851. The Labute approximate surface area is 406 Å². The molecule has 0 aliphatic carbocycles. The van der Waals surface area contributed by atoms with Crippen LogP contribution in [-0.4, -0.2) is 47.4 Å². The predicted molar refractivity (Wildman–Crippen MR) is 283 cm³/mol. The summed E-state index contributed by atoms with van der Waals surface area (Å²) in [7, 11) is 0. The van der Waals surface area contributed by atoms with Crippen LogP contribution in [-0.2, 0) is 14.3 Å². The van der Waals surface area contributed by atoms with Gasteiger partial charge in [-0.25, -0.2) is 0 Å². The summed E-state index contributed by atoms with van der Waals surface area (Å²) < 4.78 is 5.47. The second-order valence-corrected chi connectivity index (χ2v) is 20.3. The van der Waals surface area contributed by atoms with E-state index in [2.05, 4.69) is 19.2 Å². The number of carbonyl (C=O) groups excluding carboxylic acids is 2. The van der Waals surface area contributed by atoms with Gasteiger partial charge in [0.15, 0.2) is 0 Å². The second-order valence-electron chi connectivity index (χ2n) is 20.3. The smallest absolute Gasteiger partial charge is 0.305 e. The van der Waals surface area contributed by atoms with Crippen LogP contribution in [0.3, 0.4) is 0 Å². The Morgan fingerprint density at radius 3 is 1.05 bits per heavy atom. The van der Waals surface area contributed by atoms with E-state index in [1.165, 1.54) is 244 Å². The summed E-state index contributed by atoms with van der Waals surface area (Å²) in [4.78, 5) is 24.5. The zero-order chi connectivity index (χ0) is 47.2. The van der Waals surface area contributed by atoms with Crippen molar-refractivity contribution in [1.29, 1.82) is 0 Å². The number of allylic oxidation sites excluding steroid dienone is 1. The molecule has 0 heterocycles. The van der Waals surface area contributed by atoms with Crippen LogP contribution >= 0.6 is 0 Å². The fourth-order valence-electron chi connectivity index (χ4n) is 9.28. The molecule has 0 saturated carbocycles. The van der Waals surface area contributed by atoms with Crippen molar-refractivity contribution in [2.75, 3.05) is 13.2 Å². The van der Waals surface area contributed by atoms with Crippen LogP contribution in [0, 0.1) is 0 Å². The largest absolute Gasteiger partial charge is 0.466 e. The van der Waals surface area contributed by atoms with Gasteiger partial charge >= 0.3 is 5.97 Å². The summed E-state index contributed by atoms with van der Waals surface area (Å²) >= 11 is 0. The molecule has 0 aliphatic heterocycles. The fraction of sp³-hybridized carbons (Fsp3) is 0.932. The molecule has 2 unspecified atom stereocenters. The highest BCUT2D eigenvalue weighted by molar-refractivity contribution is 5.76. The molecule has 0 saturated heterocycles. The molecule has 386 valence electrons. The van der Waals surface area contributed by atoms with E-state index in [0.717, 1.165) is 57.8 Å². The molecule has 0 bridgehead atoms. The Balaban J connectivity index is 3.46. The SMILES string of the molecule is CCCCCCCCCCCCCCCCCCCC/C=C/C(O)C(CO)NC(=O)CCCCCCCCCCCCCCCCOC(=O)CCCCCCCCCCCCCCCC. The van der Waals surface area contributed by atoms with Gasteiger partial charge in [-0.3, -0.25) is 9.59 Å². The van der Waals surface area contributed by atoms with Gasteiger partial charge in [-0.05, 0) is 32.1 Å². The van der Waals surface area contributed by atoms with Gasteiger partial charge < -0.3 is 20.3 Å². The molecule has 6 heteroatoms. The number of amides is 1. The second kappa shape index (κ2) is 55.2. The molecule has 0 aromatic rings. The molecule has 0 fully saturated rings. The lowest BCUT2D eigenvalue weighted by Crippen LogP contribution is -2.45. The van der Waals surface area contributed by atoms with E-state index in [0.29, 0.717) is 19.4 Å². The third-order valence-electron chi connectivity index (χ3n) is 13.8. The third-order valence-corrected chi connectivity index (χ3v) is 13.8. The van der Waals surface area contributed by atoms with E-state index < -0.39 is 12.1 Å². The summed E-state index contributed by atoms with van der Waals surface area (Å²) in [6.07, 6.45) is 65.1. The molecule has 0 aromatic heterocycles. The van der Waals surface area contributed by atoms with Crippen molar-refractivity contribution in [3.05, 3.63) is 12.2 Å². The highest BCUT2D eigenvalue weighted by atomic mass is 16.5. The van der Waals surface area contributed by atoms with E-state index in [1.54, 1.807) is 6.08 Å². The number of carbonyl (C=O) groups is 2. The number of nitrogens with one attached hydrogen (secondary N) is 1. The minimum Gasteiger partial charge on any atom is -0.466 e. The zero-order valence-corrected chi connectivity index (χ0v) is 44.0. The van der Waals surface area contributed by atoms with Gasteiger partial charge in [0, 0.05) is 12.8 Å². The summed E-state index contributed by atoms with van der Waals surface area (Å²) in [5, 5.41) is 23.2. The fourth-order valence-corrected chi connectivity index (χ4v) is 9.28. The average molecular weight is 919 g/mol. The molecular weight excluding hydrogens is 803 g/mol. The zero-order valence-electron chi connectivity index (χ0n) is 44.0. The molecule has 0 radical (unpaired) electrons. The topological polar surface area (TPSA) is 95.9 Å². The van der Waals surface area contributed by atoms with Gasteiger partial charge in [-0.1, -0.05) is 296 Å². The Bertz CT molecular complexity index is 970. The van der Waals surface area contributed by atoms with Crippen molar-refractivity contribution in [3.63, 3.8) is 0 Å².